The fraction of sp³-hybridized carbons (Fsp3) is 0.200. The van der Waals surface area contributed by atoms with E-state index in [9.17, 15) is 9.59 Å². The SMILES string of the molecule is COC(=O)c1cc(C)sc1NC(=O)c1ccc(COc2cccc(C)c2)o1. The molecular weight excluding hydrogens is 366 g/mol. The van der Waals surface area contributed by atoms with E-state index in [0.717, 1.165) is 16.2 Å². The van der Waals surface area contributed by atoms with Crippen LogP contribution in [0.3, 0.4) is 0 Å². The standard InChI is InChI=1S/C20H19NO5S/c1-12-5-4-6-14(9-12)25-11-15-7-8-17(26-15)18(22)21-19-16(20(23)24-3)10-13(2)27-19/h4-10H,11H2,1-3H3,(H,21,22). The Hall–Kier alpha value is -3.06. The van der Waals surface area contributed by atoms with Crippen molar-refractivity contribution in [1.29, 1.82) is 0 Å². The molecule has 1 N–H and O–H groups in total. The number of thiophene rings is 1. The molecule has 0 bridgehead atoms. The van der Waals surface area contributed by atoms with Crippen LogP contribution >= 0.6 is 11.3 Å². The van der Waals surface area contributed by atoms with Gasteiger partial charge in [-0.05, 0) is 49.7 Å². The topological polar surface area (TPSA) is 77.8 Å². The number of anilines is 1. The van der Waals surface area contributed by atoms with Crippen molar-refractivity contribution in [3.05, 3.63) is 70.0 Å². The average molecular weight is 385 g/mol. The summed E-state index contributed by atoms with van der Waals surface area (Å²) in [5.41, 5.74) is 1.42. The quantitative estimate of drug-likeness (QED) is 0.629. The Balaban J connectivity index is 1.66. The average Bonchev–Trinajstić information content (AvgIpc) is 3.26. The van der Waals surface area contributed by atoms with Crippen molar-refractivity contribution in [2.75, 3.05) is 12.4 Å². The fourth-order valence-corrected chi connectivity index (χ4v) is 3.37. The first-order chi connectivity index (χ1) is 13.0. The van der Waals surface area contributed by atoms with Gasteiger partial charge < -0.3 is 19.2 Å². The van der Waals surface area contributed by atoms with Crippen LogP contribution in [0, 0.1) is 13.8 Å². The van der Waals surface area contributed by atoms with Gasteiger partial charge in [-0.1, -0.05) is 12.1 Å². The van der Waals surface area contributed by atoms with Gasteiger partial charge in [0.1, 0.15) is 23.1 Å². The van der Waals surface area contributed by atoms with Crippen molar-refractivity contribution >= 4 is 28.2 Å². The van der Waals surface area contributed by atoms with Gasteiger partial charge in [0.05, 0.1) is 12.7 Å². The summed E-state index contributed by atoms with van der Waals surface area (Å²) in [5.74, 6) is 0.455. The molecule has 6 nitrogen and oxygen atoms in total. The predicted molar refractivity (Wildman–Crippen MR) is 103 cm³/mol. The zero-order valence-electron chi connectivity index (χ0n) is 15.2. The van der Waals surface area contributed by atoms with Gasteiger partial charge in [0, 0.05) is 4.88 Å². The van der Waals surface area contributed by atoms with Gasteiger partial charge in [0.25, 0.3) is 5.91 Å². The van der Waals surface area contributed by atoms with Crippen LogP contribution in [0.1, 0.15) is 37.1 Å². The summed E-state index contributed by atoms with van der Waals surface area (Å²) in [6, 6.07) is 12.6. The van der Waals surface area contributed by atoms with E-state index in [4.69, 9.17) is 13.9 Å². The monoisotopic (exact) mass is 385 g/mol. The summed E-state index contributed by atoms with van der Waals surface area (Å²) in [4.78, 5) is 25.1. The molecule has 0 radical (unpaired) electrons. The molecule has 0 aliphatic rings. The zero-order chi connectivity index (χ0) is 19.4. The van der Waals surface area contributed by atoms with Crippen molar-refractivity contribution in [1.82, 2.24) is 0 Å². The summed E-state index contributed by atoms with van der Waals surface area (Å²) in [7, 11) is 1.30. The number of amides is 1. The molecule has 27 heavy (non-hydrogen) atoms. The maximum atomic E-state index is 12.4. The van der Waals surface area contributed by atoms with Crippen molar-refractivity contribution in [2.45, 2.75) is 20.5 Å². The van der Waals surface area contributed by atoms with Crippen LogP contribution in [0.15, 0.2) is 46.9 Å². The van der Waals surface area contributed by atoms with Gasteiger partial charge in [-0.3, -0.25) is 4.79 Å². The Morgan fingerprint density at radius 2 is 1.96 bits per heavy atom. The minimum Gasteiger partial charge on any atom is -0.486 e. The molecule has 0 saturated heterocycles. The molecule has 3 rings (SSSR count). The number of methoxy groups -OCH3 is 1. The number of benzene rings is 1. The summed E-state index contributed by atoms with van der Waals surface area (Å²) < 4.78 is 16.0. The number of ether oxygens (including phenoxy) is 2. The Morgan fingerprint density at radius 3 is 2.70 bits per heavy atom. The summed E-state index contributed by atoms with van der Waals surface area (Å²) in [5, 5.41) is 3.13. The number of rotatable bonds is 6. The fourth-order valence-electron chi connectivity index (χ4n) is 2.47. The Bertz CT molecular complexity index is 972. The Morgan fingerprint density at radius 1 is 1.15 bits per heavy atom. The summed E-state index contributed by atoms with van der Waals surface area (Å²) in [6.45, 7) is 4.04. The molecule has 140 valence electrons. The molecule has 0 unspecified atom stereocenters. The smallest absolute Gasteiger partial charge is 0.340 e. The minimum absolute atomic E-state index is 0.139. The van der Waals surface area contributed by atoms with Crippen LogP contribution in [0.5, 0.6) is 5.75 Å². The van der Waals surface area contributed by atoms with Gasteiger partial charge in [-0.2, -0.15) is 0 Å². The molecule has 3 aromatic rings. The van der Waals surface area contributed by atoms with Gasteiger partial charge in [0.15, 0.2) is 5.76 Å². The van der Waals surface area contributed by atoms with E-state index in [2.05, 4.69) is 5.32 Å². The zero-order valence-corrected chi connectivity index (χ0v) is 16.0. The third-order valence-electron chi connectivity index (χ3n) is 3.74. The van der Waals surface area contributed by atoms with E-state index in [0.29, 0.717) is 16.3 Å². The molecule has 0 saturated carbocycles. The molecular formula is C20H19NO5S. The van der Waals surface area contributed by atoms with Crippen molar-refractivity contribution in [2.24, 2.45) is 0 Å². The molecule has 0 aliphatic carbocycles. The van der Waals surface area contributed by atoms with E-state index in [1.165, 1.54) is 18.4 Å². The second-order valence-electron chi connectivity index (χ2n) is 5.92. The summed E-state index contributed by atoms with van der Waals surface area (Å²) >= 11 is 1.30. The number of carbonyl (C=O) groups excluding carboxylic acids is 2. The third-order valence-corrected chi connectivity index (χ3v) is 4.71. The maximum Gasteiger partial charge on any atom is 0.340 e. The molecule has 0 fully saturated rings. The minimum atomic E-state index is -0.499. The van der Waals surface area contributed by atoms with Gasteiger partial charge in [-0.25, -0.2) is 4.79 Å². The normalized spacial score (nSPS) is 10.5. The van der Waals surface area contributed by atoms with E-state index in [1.807, 2.05) is 38.1 Å². The number of nitrogens with one attached hydrogen (secondary N) is 1. The van der Waals surface area contributed by atoms with Crippen LogP contribution in [-0.2, 0) is 11.3 Å². The van der Waals surface area contributed by atoms with Gasteiger partial charge in [-0.15, -0.1) is 11.3 Å². The molecule has 2 aromatic heterocycles. The first kappa shape index (κ1) is 18.7. The van der Waals surface area contributed by atoms with Crippen LogP contribution in [0.4, 0.5) is 5.00 Å². The highest BCUT2D eigenvalue weighted by atomic mass is 32.1. The van der Waals surface area contributed by atoms with Gasteiger partial charge in [0.2, 0.25) is 0 Å². The molecule has 1 amide bonds. The number of hydrogen-bond donors (Lipinski definition) is 1. The molecule has 2 heterocycles. The van der Waals surface area contributed by atoms with E-state index >= 15 is 0 Å². The highest BCUT2D eigenvalue weighted by molar-refractivity contribution is 7.16. The van der Waals surface area contributed by atoms with Crippen LogP contribution in [0.2, 0.25) is 0 Å². The van der Waals surface area contributed by atoms with Gasteiger partial charge >= 0.3 is 5.97 Å². The van der Waals surface area contributed by atoms with Crippen molar-refractivity contribution in [3.8, 4) is 5.75 Å². The number of esters is 1. The number of hydrogen-bond acceptors (Lipinski definition) is 6. The highest BCUT2D eigenvalue weighted by Crippen LogP contribution is 2.29. The Labute approximate surface area is 160 Å². The number of aryl methyl sites for hydroxylation is 2. The number of carbonyl (C=O) groups is 2. The van der Waals surface area contributed by atoms with E-state index in [-0.39, 0.29) is 12.4 Å². The maximum absolute atomic E-state index is 12.4. The van der Waals surface area contributed by atoms with E-state index < -0.39 is 11.9 Å². The first-order valence-corrected chi connectivity index (χ1v) is 9.06. The number of furan rings is 1. The van der Waals surface area contributed by atoms with Crippen LogP contribution in [-0.4, -0.2) is 19.0 Å². The highest BCUT2D eigenvalue weighted by Gasteiger charge is 2.19. The molecule has 1 aromatic carbocycles. The summed E-state index contributed by atoms with van der Waals surface area (Å²) in [6.07, 6.45) is 0. The van der Waals surface area contributed by atoms with E-state index in [1.54, 1.807) is 18.2 Å². The van der Waals surface area contributed by atoms with Crippen LogP contribution in [0.25, 0.3) is 0 Å². The van der Waals surface area contributed by atoms with Crippen molar-refractivity contribution < 1.29 is 23.5 Å². The third kappa shape index (κ3) is 4.57. The lowest BCUT2D eigenvalue weighted by Gasteiger charge is -2.05. The Kier molecular flexibility index (Phi) is 5.61. The largest absolute Gasteiger partial charge is 0.486 e. The van der Waals surface area contributed by atoms with Crippen molar-refractivity contribution in [3.63, 3.8) is 0 Å². The van der Waals surface area contributed by atoms with Crippen LogP contribution < -0.4 is 10.1 Å². The molecule has 0 aliphatic heterocycles. The lowest BCUT2D eigenvalue weighted by Crippen LogP contribution is -2.13. The lowest BCUT2D eigenvalue weighted by molar-refractivity contribution is 0.0602. The molecule has 0 atom stereocenters. The second kappa shape index (κ2) is 8.09. The molecule has 0 spiro atoms. The second-order valence-corrected chi connectivity index (χ2v) is 7.17. The predicted octanol–water partition coefficient (Wildman–Crippen LogP) is 4.58. The lowest BCUT2D eigenvalue weighted by atomic mass is 10.2. The first-order valence-electron chi connectivity index (χ1n) is 8.24. The molecule has 7 heteroatoms.